The second-order valence-corrected chi connectivity index (χ2v) is 3.82. The van der Waals surface area contributed by atoms with Crippen LogP contribution < -0.4 is 5.32 Å². The molecule has 0 bridgehead atoms. The number of amides is 1. The van der Waals surface area contributed by atoms with Crippen LogP contribution in [0.3, 0.4) is 0 Å². The minimum absolute atomic E-state index is 0.589. The summed E-state index contributed by atoms with van der Waals surface area (Å²) in [6.07, 6.45) is 0.936. The molecule has 0 aromatic heterocycles. The Morgan fingerprint density at radius 3 is 2.53 bits per heavy atom. The molecule has 0 fully saturated rings. The first-order chi connectivity index (χ1) is 9.31. The van der Waals surface area contributed by atoms with Gasteiger partial charge < -0.3 is 5.32 Å². The summed E-state index contributed by atoms with van der Waals surface area (Å²) in [6.45, 7) is 0. The predicted octanol–water partition coefficient (Wildman–Crippen LogP) is 3.04. The molecule has 2 rings (SSSR count). The fourth-order valence-electron chi connectivity index (χ4n) is 1.67. The van der Waals surface area contributed by atoms with Crippen LogP contribution in [0.4, 0.5) is 4.79 Å². The summed E-state index contributed by atoms with van der Waals surface area (Å²) >= 11 is 0. The Hall–Kier alpha value is -2.62. The quantitative estimate of drug-likeness (QED) is 0.520. The lowest BCUT2D eigenvalue weighted by molar-refractivity contribution is 0.154. The molecule has 4 heteroatoms. The Morgan fingerprint density at radius 1 is 1.11 bits per heavy atom. The van der Waals surface area contributed by atoms with Crippen LogP contribution >= 0.6 is 0 Å². The molecule has 0 aliphatic heterocycles. The normalized spacial score (nSPS) is 10.4. The minimum Gasteiger partial charge on any atom is -0.323 e. The Balaban J connectivity index is 2.25. The fourth-order valence-corrected chi connectivity index (χ4v) is 1.67. The van der Waals surface area contributed by atoms with E-state index < -0.39 is 6.09 Å². The summed E-state index contributed by atoms with van der Waals surface area (Å²) in [5, 5.41) is 5.98. The highest BCUT2D eigenvalue weighted by atomic mass is 16.7. The summed E-state index contributed by atoms with van der Waals surface area (Å²) in [5.74, 6) is 0. The van der Waals surface area contributed by atoms with E-state index in [0.29, 0.717) is 0 Å². The molecule has 19 heavy (non-hydrogen) atoms. The smallest absolute Gasteiger partial charge is 0.323 e. The molecule has 1 N–H and O–H groups in total. The van der Waals surface area contributed by atoms with Crippen LogP contribution in [0.5, 0.6) is 0 Å². The second kappa shape index (κ2) is 6.35. The minimum atomic E-state index is -0.589. The number of hydrogen-bond donors (Lipinski definition) is 1. The number of oxime groups is 1. The van der Waals surface area contributed by atoms with E-state index in [0.717, 1.165) is 16.7 Å². The third-order valence-corrected chi connectivity index (χ3v) is 2.58. The molecule has 2 aromatic rings. The van der Waals surface area contributed by atoms with Gasteiger partial charge in [0, 0.05) is 12.6 Å². The standard InChI is InChI=1S/C15H14N2O2/c1-16-15(18)19-17-11-13-9-5-6-10-14(13)12-7-3-2-4-8-12/h2-11H,1H3,(H,16,18)/b17-11+. The predicted molar refractivity (Wildman–Crippen MR) is 75.0 cm³/mol. The summed E-state index contributed by atoms with van der Waals surface area (Å²) in [5.41, 5.74) is 3.01. The molecule has 96 valence electrons. The van der Waals surface area contributed by atoms with Gasteiger partial charge in [0.15, 0.2) is 0 Å². The third-order valence-electron chi connectivity index (χ3n) is 2.58. The maximum Gasteiger partial charge on any atom is 0.433 e. The SMILES string of the molecule is CNC(=O)O/N=C/c1ccccc1-c1ccccc1. The molecule has 0 unspecified atom stereocenters. The van der Waals surface area contributed by atoms with E-state index in [1.807, 2.05) is 54.6 Å². The van der Waals surface area contributed by atoms with E-state index in [2.05, 4.69) is 15.3 Å². The van der Waals surface area contributed by atoms with Gasteiger partial charge in [-0.15, -0.1) is 0 Å². The number of carbonyl (C=O) groups is 1. The summed E-state index contributed by atoms with van der Waals surface area (Å²) in [7, 11) is 1.48. The van der Waals surface area contributed by atoms with E-state index in [9.17, 15) is 4.79 Å². The van der Waals surface area contributed by atoms with Crippen LogP contribution in [-0.2, 0) is 4.84 Å². The van der Waals surface area contributed by atoms with Gasteiger partial charge in [0.25, 0.3) is 0 Å². The number of benzene rings is 2. The average Bonchev–Trinajstić information content (AvgIpc) is 2.48. The van der Waals surface area contributed by atoms with Gasteiger partial charge in [0.2, 0.25) is 0 Å². The molecule has 0 heterocycles. The van der Waals surface area contributed by atoms with Gasteiger partial charge in [-0.1, -0.05) is 59.8 Å². The lowest BCUT2D eigenvalue weighted by Gasteiger charge is -2.05. The first kappa shape index (κ1) is 12.8. The molecular formula is C15H14N2O2. The van der Waals surface area contributed by atoms with Crippen molar-refractivity contribution in [1.29, 1.82) is 0 Å². The highest BCUT2D eigenvalue weighted by molar-refractivity contribution is 5.90. The van der Waals surface area contributed by atoms with Crippen LogP contribution in [-0.4, -0.2) is 19.4 Å². The zero-order valence-corrected chi connectivity index (χ0v) is 10.5. The van der Waals surface area contributed by atoms with Crippen molar-refractivity contribution in [3.8, 4) is 11.1 Å². The first-order valence-electron chi connectivity index (χ1n) is 5.88. The zero-order chi connectivity index (χ0) is 13.5. The first-order valence-corrected chi connectivity index (χ1v) is 5.88. The van der Waals surface area contributed by atoms with Gasteiger partial charge in [-0.3, -0.25) is 4.84 Å². The van der Waals surface area contributed by atoms with Crippen molar-refractivity contribution in [1.82, 2.24) is 5.32 Å². The molecule has 0 radical (unpaired) electrons. The molecule has 0 saturated carbocycles. The van der Waals surface area contributed by atoms with Crippen molar-refractivity contribution in [2.24, 2.45) is 5.16 Å². The van der Waals surface area contributed by atoms with Gasteiger partial charge in [-0.2, -0.15) is 0 Å². The highest BCUT2D eigenvalue weighted by Crippen LogP contribution is 2.21. The maximum absolute atomic E-state index is 10.9. The van der Waals surface area contributed by atoms with Crippen LogP contribution in [0.1, 0.15) is 5.56 Å². The van der Waals surface area contributed by atoms with E-state index in [1.54, 1.807) is 0 Å². The average molecular weight is 254 g/mol. The van der Waals surface area contributed by atoms with Crippen molar-refractivity contribution in [3.05, 3.63) is 60.2 Å². The summed E-state index contributed by atoms with van der Waals surface area (Å²) in [6, 6.07) is 17.7. The number of nitrogens with one attached hydrogen (secondary N) is 1. The second-order valence-electron chi connectivity index (χ2n) is 3.82. The zero-order valence-electron chi connectivity index (χ0n) is 10.5. The number of rotatable bonds is 3. The molecule has 0 saturated heterocycles. The summed E-state index contributed by atoms with van der Waals surface area (Å²) < 4.78 is 0. The van der Waals surface area contributed by atoms with Gasteiger partial charge >= 0.3 is 6.09 Å². The molecule has 0 aliphatic carbocycles. The van der Waals surface area contributed by atoms with E-state index in [1.165, 1.54) is 13.3 Å². The van der Waals surface area contributed by atoms with Gasteiger partial charge in [-0.25, -0.2) is 4.79 Å². The van der Waals surface area contributed by atoms with Gasteiger partial charge in [-0.05, 0) is 11.1 Å². The molecule has 0 aliphatic rings. The van der Waals surface area contributed by atoms with Crippen molar-refractivity contribution in [2.75, 3.05) is 7.05 Å². The van der Waals surface area contributed by atoms with E-state index in [-0.39, 0.29) is 0 Å². The largest absolute Gasteiger partial charge is 0.433 e. The third kappa shape index (κ3) is 3.42. The summed E-state index contributed by atoms with van der Waals surface area (Å²) in [4.78, 5) is 15.5. The number of nitrogens with zero attached hydrogens (tertiary/aromatic N) is 1. The molecule has 0 spiro atoms. The molecule has 1 amide bonds. The molecule has 4 nitrogen and oxygen atoms in total. The lowest BCUT2D eigenvalue weighted by atomic mass is 10.0. The van der Waals surface area contributed by atoms with Crippen molar-refractivity contribution >= 4 is 12.3 Å². The van der Waals surface area contributed by atoms with Crippen LogP contribution in [0.25, 0.3) is 11.1 Å². The Kier molecular flexibility index (Phi) is 4.29. The van der Waals surface area contributed by atoms with Crippen molar-refractivity contribution in [2.45, 2.75) is 0 Å². The number of carbonyl (C=O) groups excluding carboxylic acids is 1. The Bertz CT molecular complexity index is 580. The topological polar surface area (TPSA) is 50.7 Å². The molecule has 0 atom stereocenters. The van der Waals surface area contributed by atoms with Crippen LogP contribution in [0.15, 0.2) is 59.8 Å². The van der Waals surface area contributed by atoms with Crippen molar-refractivity contribution in [3.63, 3.8) is 0 Å². The van der Waals surface area contributed by atoms with Crippen LogP contribution in [0, 0.1) is 0 Å². The maximum atomic E-state index is 10.9. The highest BCUT2D eigenvalue weighted by Gasteiger charge is 2.02. The Morgan fingerprint density at radius 2 is 1.79 bits per heavy atom. The monoisotopic (exact) mass is 254 g/mol. The Labute approximate surface area is 111 Å². The van der Waals surface area contributed by atoms with Crippen molar-refractivity contribution < 1.29 is 9.63 Å². The number of hydrogen-bond acceptors (Lipinski definition) is 3. The van der Waals surface area contributed by atoms with E-state index in [4.69, 9.17) is 0 Å². The lowest BCUT2D eigenvalue weighted by Crippen LogP contribution is -2.16. The van der Waals surface area contributed by atoms with Gasteiger partial charge in [0.05, 0.1) is 6.21 Å². The molecular weight excluding hydrogens is 240 g/mol. The fraction of sp³-hybridized carbons (Fsp3) is 0.0667. The van der Waals surface area contributed by atoms with Crippen LogP contribution in [0.2, 0.25) is 0 Å². The van der Waals surface area contributed by atoms with E-state index >= 15 is 0 Å². The van der Waals surface area contributed by atoms with Gasteiger partial charge in [0.1, 0.15) is 0 Å². The molecule has 2 aromatic carbocycles.